The molecule has 0 spiro atoms. The summed E-state index contributed by atoms with van der Waals surface area (Å²) in [4.78, 5) is 4.76. The van der Waals surface area contributed by atoms with Crippen molar-refractivity contribution >= 4 is 53.1 Å². The monoisotopic (exact) mass is 428 g/mol. The first-order chi connectivity index (χ1) is 13.2. The number of nitrogens with one attached hydrogen (secondary N) is 1. The molecule has 2 nitrogen and oxygen atoms in total. The van der Waals surface area contributed by atoms with Crippen LogP contribution in [0.3, 0.4) is 0 Å². The number of allylic oxidation sites excluding steroid dienone is 1. The molecule has 1 aliphatic rings. The minimum atomic E-state index is 0. The standard InChI is InChI=1S/C23H18Cl2N2.ClH/c24-20-11-9-16(15-21(20)25)10-12-22-19-8-4-7-18(17-5-2-1-3-6-17)23(19)27-14-13-26-22;/h1-12,15,27H,13-14H2;1H. The van der Waals surface area contributed by atoms with Gasteiger partial charge in [0.05, 0.1) is 28.0 Å². The SMILES string of the molecule is Cl.Clc1ccc(C=CC2=NCCNc3c2cccc3-c2ccccc2)cc1Cl. The molecule has 0 saturated heterocycles. The Morgan fingerprint density at radius 1 is 0.821 bits per heavy atom. The van der Waals surface area contributed by atoms with E-state index in [1.807, 2.05) is 36.4 Å². The number of halogens is 3. The van der Waals surface area contributed by atoms with Crippen molar-refractivity contribution < 1.29 is 0 Å². The molecule has 0 aliphatic carbocycles. The first kappa shape index (κ1) is 20.5. The maximum Gasteiger partial charge on any atom is 0.0668 e. The number of nitrogens with zero attached hydrogens (tertiary/aromatic N) is 1. The summed E-state index contributed by atoms with van der Waals surface area (Å²) < 4.78 is 0. The molecule has 1 aliphatic heterocycles. The normalized spacial score (nSPS) is 13.1. The molecule has 0 saturated carbocycles. The van der Waals surface area contributed by atoms with Gasteiger partial charge in [-0.1, -0.05) is 83.9 Å². The van der Waals surface area contributed by atoms with Crippen molar-refractivity contribution in [3.8, 4) is 11.1 Å². The van der Waals surface area contributed by atoms with Crippen molar-refractivity contribution in [1.82, 2.24) is 0 Å². The van der Waals surface area contributed by atoms with Crippen molar-refractivity contribution in [2.75, 3.05) is 18.4 Å². The van der Waals surface area contributed by atoms with Gasteiger partial charge in [-0.15, -0.1) is 12.4 Å². The Kier molecular flexibility index (Phi) is 6.79. The molecule has 0 atom stereocenters. The molecule has 0 fully saturated rings. The highest BCUT2D eigenvalue weighted by Gasteiger charge is 2.15. The van der Waals surface area contributed by atoms with Crippen molar-refractivity contribution in [2.45, 2.75) is 0 Å². The van der Waals surface area contributed by atoms with Crippen molar-refractivity contribution in [2.24, 2.45) is 4.99 Å². The Labute approximate surface area is 181 Å². The number of fused-ring (bicyclic) bond motifs is 1. The number of anilines is 1. The molecule has 0 bridgehead atoms. The average molecular weight is 430 g/mol. The van der Waals surface area contributed by atoms with Gasteiger partial charge in [-0.2, -0.15) is 0 Å². The fraction of sp³-hybridized carbons (Fsp3) is 0.0870. The van der Waals surface area contributed by atoms with Crippen molar-refractivity contribution in [1.29, 1.82) is 0 Å². The van der Waals surface area contributed by atoms with E-state index in [-0.39, 0.29) is 12.4 Å². The van der Waals surface area contributed by atoms with E-state index in [9.17, 15) is 0 Å². The molecule has 5 heteroatoms. The summed E-state index contributed by atoms with van der Waals surface area (Å²) >= 11 is 12.1. The third-order valence-corrected chi connectivity index (χ3v) is 5.24. The fourth-order valence-corrected chi connectivity index (χ4v) is 3.50. The Bertz CT molecular complexity index is 1030. The van der Waals surface area contributed by atoms with Crippen LogP contribution < -0.4 is 5.32 Å². The Morgan fingerprint density at radius 2 is 1.61 bits per heavy atom. The van der Waals surface area contributed by atoms with E-state index >= 15 is 0 Å². The van der Waals surface area contributed by atoms with Gasteiger partial charge < -0.3 is 5.32 Å². The van der Waals surface area contributed by atoms with E-state index < -0.39 is 0 Å². The highest BCUT2D eigenvalue weighted by atomic mass is 35.5. The molecule has 4 rings (SSSR count). The Balaban J connectivity index is 0.00000225. The van der Waals surface area contributed by atoms with E-state index in [2.05, 4.69) is 47.8 Å². The van der Waals surface area contributed by atoms with Crippen LogP contribution >= 0.6 is 35.6 Å². The molecule has 3 aromatic carbocycles. The summed E-state index contributed by atoms with van der Waals surface area (Å²) in [6.07, 6.45) is 4.06. The lowest BCUT2D eigenvalue weighted by atomic mass is 9.97. The smallest absolute Gasteiger partial charge is 0.0668 e. The number of benzene rings is 3. The number of benzodiazepines with no additional fused rings is 1. The zero-order valence-corrected chi connectivity index (χ0v) is 17.4. The van der Waals surface area contributed by atoms with Crippen LogP contribution in [0.1, 0.15) is 11.1 Å². The zero-order chi connectivity index (χ0) is 18.6. The average Bonchev–Trinajstić information content (AvgIpc) is 2.92. The number of aliphatic imine (C=N–C) groups is 1. The van der Waals surface area contributed by atoms with Gasteiger partial charge in [-0.25, -0.2) is 0 Å². The molecule has 0 amide bonds. The van der Waals surface area contributed by atoms with E-state index in [0.717, 1.165) is 35.6 Å². The minimum Gasteiger partial charge on any atom is -0.382 e. The van der Waals surface area contributed by atoms with Crippen LogP contribution in [0.5, 0.6) is 0 Å². The van der Waals surface area contributed by atoms with Gasteiger partial charge in [0, 0.05) is 17.7 Å². The summed E-state index contributed by atoms with van der Waals surface area (Å²) in [6, 6.07) is 22.4. The number of para-hydroxylation sites is 1. The van der Waals surface area contributed by atoms with Gasteiger partial charge in [0.15, 0.2) is 0 Å². The zero-order valence-electron chi connectivity index (χ0n) is 15.0. The molecule has 0 aromatic heterocycles. The molecule has 28 heavy (non-hydrogen) atoms. The van der Waals surface area contributed by atoms with E-state index in [0.29, 0.717) is 10.0 Å². The van der Waals surface area contributed by atoms with E-state index in [4.69, 9.17) is 28.2 Å². The predicted octanol–water partition coefficient (Wildman–Crippen LogP) is 7.01. The summed E-state index contributed by atoms with van der Waals surface area (Å²) in [5, 5.41) is 4.66. The fourth-order valence-electron chi connectivity index (χ4n) is 3.19. The van der Waals surface area contributed by atoms with Crippen molar-refractivity contribution in [3.05, 3.63) is 94.0 Å². The second-order valence-corrected chi connectivity index (χ2v) is 7.11. The van der Waals surface area contributed by atoms with Gasteiger partial charge in [0.2, 0.25) is 0 Å². The second-order valence-electron chi connectivity index (χ2n) is 6.29. The first-order valence-corrected chi connectivity index (χ1v) is 9.58. The largest absolute Gasteiger partial charge is 0.382 e. The van der Waals surface area contributed by atoms with Gasteiger partial charge >= 0.3 is 0 Å². The quantitative estimate of drug-likeness (QED) is 0.476. The molecule has 142 valence electrons. The molecule has 0 unspecified atom stereocenters. The predicted molar refractivity (Wildman–Crippen MR) is 125 cm³/mol. The molecule has 1 heterocycles. The summed E-state index contributed by atoms with van der Waals surface area (Å²) in [7, 11) is 0. The highest BCUT2D eigenvalue weighted by molar-refractivity contribution is 6.42. The Hall–Kier alpha value is -2.26. The summed E-state index contributed by atoms with van der Waals surface area (Å²) in [5.41, 5.74) is 6.55. The van der Waals surface area contributed by atoms with E-state index in [1.54, 1.807) is 0 Å². The minimum absolute atomic E-state index is 0. The second kappa shape index (κ2) is 9.29. The number of rotatable bonds is 3. The Morgan fingerprint density at radius 3 is 2.39 bits per heavy atom. The van der Waals surface area contributed by atoms with Gasteiger partial charge in [0.1, 0.15) is 0 Å². The van der Waals surface area contributed by atoms with Crippen LogP contribution in [-0.4, -0.2) is 18.8 Å². The maximum absolute atomic E-state index is 6.13. The molecular weight excluding hydrogens is 411 g/mol. The van der Waals surface area contributed by atoms with Crippen LogP contribution in [0.2, 0.25) is 10.0 Å². The lowest BCUT2D eigenvalue weighted by Gasteiger charge is -2.14. The van der Waals surface area contributed by atoms with Gasteiger partial charge in [-0.3, -0.25) is 4.99 Å². The van der Waals surface area contributed by atoms with Crippen molar-refractivity contribution in [3.63, 3.8) is 0 Å². The third-order valence-electron chi connectivity index (χ3n) is 4.50. The highest BCUT2D eigenvalue weighted by Crippen LogP contribution is 2.32. The molecule has 3 aromatic rings. The molecule has 1 N–H and O–H groups in total. The number of hydrogen-bond donors (Lipinski definition) is 1. The summed E-state index contributed by atoms with van der Waals surface area (Å²) in [5.74, 6) is 0. The van der Waals surface area contributed by atoms with Crippen LogP contribution in [0.15, 0.2) is 77.8 Å². The van der Waals surface area contributed by atoms with E-state index in [1.165, 1.54) is 11.1 Å². The van der Waals surface area contributed by atoms with Crippen LogP contribution in [0.4, 0.5) is 5.69 Å². The molecule has 0 radical (unpaired) electrons. The van der Waals surface area contributed by atoms with Crippen LogP contribution in [-0.2, 0) is 0 Å². The van der Waals surface area contributed by atoms with Gasteiger partial charge in [0.25, 0.3) is 0 Å². The first-order valence-electron chi connectivity index (χ1n) is 8.82. The maximum atomic E-state index is 6.13. The third kappa shape index (κ3) is 4.41. The van der Waals surface area contributed by atoms with Crippen LogP contribution in [0.25, 0.3) is 17.2 Å². The summed E-state index contributed by atoms with van der Waals surface area (Å²) in [6.45, 7) is 1.53. The van der Waals surface area contributed by atoms with Crippen LogP contribution in [0, 0.1) is 0 Å². The number of hydrogen-bond acceptors (Lipinski definition) is 2. The van der Waals surface area contributed by atoms with Gasteiger partial charge in [-0.05, 0) is 29.3 Å². The lowest BCUT2D eigenvalue weighted by Crippen LogP contribution is -2.05. The topological polar surface area (TPSA) is 24.4 Å². The molecular formula is C23H19Cl3N2. The lowest BCUT2D eigenvalue weighted by molar-refractivity contribution is 1.04.